The summed E-state index contributed by atoms with van der Waals surface area (Å²) in [4.78, 5) is 36.2. The molecule has 1 aliphatic heterocycles. The fourth-order valence-corrected chi connectivity index (χ4v) is 4.35. The largest absolute Gasteiger partial charge is 0.451 e. The van der Waals surface area contributed by atoms with Crippen LogP contribution in [0.2, 0.25) is 0 Å². The number of ether oxygens (including phenoxy) is 1. The maximum Gasteiger partial charge on any atom is 0.359 e. The Bertz CT molecular complexity index is 1020. The first-order valence-corrected chi connectivity index (χ1v) is 10.2. The van der Waals surface area contributed by atoms with E-state index in [0.717, 1.165) is 21.9 Å². The van der Waals surface area contributed by atoms with Gasteiger partial charge in [-0.15, -0.1) is 11.8 Å². The van der Waals surface area contributed by atoms with Gasteiger partial charge in [0.1, 0.15) is 0 Å². The van der Waals surface area contributed by atoms with Crippen LogP contribution in [-0.2, 0) is 9.53 Å². The zero-order chi connectivity index (χ0) is 20.2. The van der Waals surface area contributed by atoms with Gasteiger partial charge in [-0.3, -0.25) is 14.7 Å². The Morgan fingerprint density at radius 2 is 1.83 bits per heavy atom. The van der Waals surface area contributed by atoms with Crippen molar-refractivity contribution in [1.29, 1.82) is 0 Å². The van der Waals surface area contributed by atoms with Crippen LogP contribution in [0.4, 0.5) is 5.69 Å². The molecule has 3 aromatic rings. The number of thioether (sulfide) groups is 1. The van der Waals surface area contributed by atoms with Gasteiger partial charge in [0, 0.05) is 16.8 Å². The fourth-order valence-electron chi connectivity index (χ4n) is 3.19. The van der Waals surface area contributed by atoms with Crippen molar-refractivity contribution in [3.8, 4) is 0 Å². The highest BCUT2D eigenvalue weighted by Crippen LogP contribution is 2.43. The number of nitrogens with zero attached hydrogens (tertiary/aromatic N) is 3. The highest BCUT2D eigenvalue weighted by molar-refractivity contribution is 7.99. The highest BCUT2D eigenvalue weighted by Gasteiger charge is 2.33. The fraction of sp³-hybridized carbons (Fsp3) is 0.182. The van der Waals surface area contributed by atoms with Crippen molar-refractivity contribution in [2.75, 3.05) is 17.3 Å². The Morgan fingerprint density at radius 3 is 2.59 bits per heavy atom. The molecule has 0 aliphatic carbocycles. The summed E-state index contributed by atoms with van der Waals surface area (Å²) >= 11 is 1.72. The number of aromatic nitrogens is 2. The molecule has 1 amide bonds. The average molecular weight is 405 g/mol. The van der Waals surface area contributed by atoms with Gasteiger partial charge in [0.15, 0.2) is 12.3 Å². The van der Waals surface area contributed by atoms with E-state index in [1.54, 1.807) is 23.6 Å². The van der Waals surface area contributed by atoms with Crippen molar-refractivity contribution in [2.45, 2.75) is 17.9 Å². The second-order valence-electron chi connectivity index (χ2n) is 6.59. The molecule has 0 N–H and O–H groups in total. The first kappa shape index (κ1) is 19.1. The van der Waals surface area contributed by atoms with Crippen LogP contribution in [0.5, 0.6) is 0 Å². The standard InChI is InChI=1S/C22H19N3O3S/c1-15-11-24-17(12-23-15)22(27)28-13-21(26)25-18-9-5-6-10-20(18)29-14-19(25)16-7-3-2-4-8-16/h2-12,19H,13-14H2,1H3. The molecule has 1 aliphatic rings. The van der Waals surface area contributed by atoms with E-state index in [2.05, 4.69) is 9.97 Å². The Hall–Kier alpha value is -3.19. The molecule has 2 aromatic carbocycles. The summed E-state index contributed by atoms with van der Waals surface area (Å²) in [7, 11) is 0. The third-order valence-corrected chi connectivity index (χ3v) is 5.74. The normalized spacial score (nSPS) is 15.5. The van der Waals surface area contributed by atoms with E-state index in [-0.39, 0.29) is 24.2 Å². The lowest BCUT2D eigenvalue weighted by Gasteiger charge is -2.37. The summed E-state index contributed by atoms with van der Waals surface area (Å²) in [6, 6.07) is 17.5. The molecule has 4 rings (SSSR count). The van der Waals surface area contributed by atoms with Crippen molar-refractivity contribution in [1.82, 2.24) is 9.97 Å². The van der Waals surface area contributed by atoms with Crippen LogP contribution in [0, 0.1) is 6.92 Å². The number of carbonyl (C=O) groups excluding carboxylic acids is 2. The van der Waals surface area contributed by atoms with Gasteiger partial charge < -0.3 is 4.74 Å². The Kier molecular flexibility index (Phi) is 5.57. The van der Waals surface area contributed by atoms with Crippen molar-refractivity contribution in [3.05, 3.63) is 83.9 Å². The summed E-state index contributed by atoms with van der Waals surface area (Å²) in [6.07, 6.45) is 2.84. The van der Waals surface area contributed by atoms with E-state index >= 15 is 0 Å². The second-order valence-corrected chi connectivity index (χ2v) is 7.65. The number of amides is 1. The molecule has 1 atom stereocenters. The molecular weight excluding hydrogens is 386 g/mol. The molecular formula is C22H19N3O3S. The second kappa shape index (κ2) is 8.45. The van der Waals surface area contributed by atoms with Crippen LogP contribution < -0.4 is 4.90 Å². The van der Waals surface area contributed by atoms with Gasteiger partial charge in [-0.2, -0.15) is 0 Å². The predicted octanol–water partition coefficient (Wildman–Crippen LogP) is 3.82. The molecule has 1 aromatic heterocycles. The number of para-hydroxylation sites is 1. The van der Waals surface area contributed by atoms with Crippen LogP contribution in [0.3, 0.4) is 0 Å². The van der Waals surface area contributed by atoms with E-state index in [4.69, 9.17) is 4.74 Å². The third-order valence-electron chi connectivity index (χ3n) is 4.60. The van der Waals surface area contributed by atoms with Gasteiger partial charge in [0.25, 0.3) is 5.91 Å². The van der Waals surface area contributed by atoms with E-state index in [9.17, 15) is 9.59 Å². The molecule has 2 heterocycles. The third kappa shape index (κ3) is 4.14. The molecule has 0 bridgehead atoms. The summed E-state index contributed by atoms with van der Waals surface area (Å²) in [5.74, 6) is -0.216. The average Bonchev–Trinajstić information content (AvgIpc) is 2.77. The first-order valence-electron chi connectivity index (χ1n) is 9.18. The minimum atomic E-state index is -0.665. The number of esters is 1. The molecule has 0 spiro atoms. The maximum absolute atomic E-state index is 13.1. The SMILES string of the molecule is Cc1cnc(C(=O)OCC(=O)N2c3ccccc3SCC2c2ccccc2)cn1. The minimum Gasteiger partial charge on any atom is -0.451 e. The molecule has 146 valence electrons. The maximum atomic E-state index is 13.1. The molecule has 29 heavy (non-hydrogen) atoms. The predicted molar refractivity (Wildman–Crippen MR) is 111 cm³/mol. The number of rotatable bonds is 4. The first-order chi connectivity index (χ1) is 14.1. The lowest BCUT2D eigenvalue weighted by atomic mass is 10.1. The van der Waals surface area contributed by atoms with Crippen molar-refractivity contribution < 1.29 is 14.3 Å². The number of benzene rings is 2. The molecule has 0 saturated carbocycles. The van der Waals surface area contributed by atoms with Crippen LogP contribution >= 0.6 is 11.8 Å². The van der Waals surface area contributed by atoms with Crippen LogP contribution in [0.25, 0.3) is 0 Å². The van der Waals surface area contributed by atoms with Gasteiger partial charge in [-0.1, -0.05) is 42.5 Å². The Labute approximate surface area is 172 Å². The highest BCUT2D eigenvalue weighted by atomic mass is 32.2. The lowest BCUT2D eigenvalue weighted by molar-refractivity contribution is -0.122. The van der Waals surface area contributed by atoms with Crippen LogP contribution in [0.15, 0.2) is 71.9 Å². The Balaban J connectivity index is 1.56. The number of aryl methyl sites for hydroxylation is 1. The quantitative estimate of drug-likeness (QED) is 0.615. The molecule has 0 radical (unpaired) electrons. The van der Waals surface area contributed by atoms with Gasteiger partial charge in [-0.05, 0) is 24.6 Å². The summed E-state index contributed by atoms with van der Waals surface area (Å²) in [6.45, 7) is 1.41. The number of anilines is 1. The van der Waals surface area contributed by atoms with Gasteiger partial charge >= 0.3 is 5.97 Å². The molecule has 6 nitrogen and oxygen atoms in total. The number of fused-ring (bicyclic) bond motifs is 1. The van der Waals surface area contributed by atoms with E-state index in [1.807, 2.05) is 54.6 Å². The number of hydrogen-bond acceptors (Lipinski definition) is 6. The van der Waals surface area contributed by atoms with Crippen LogP contribution in [0.1, 0.15) is 27.8 Å². The van der Waals surface area contributed by atoms with Crippen molar-refractivity contribution >= 4 is 29.3 Å². The van der Waals surface area contributed by atoms with E-state index < -0.39 is 5.97 Å². The van der Waals surface area contributed by atoms with E-state index in [1.165, 1.54) is 12.4 Å². The van der Waals surface area contributed by atoms with Crippen molar-refractivity contribution in [3.63, 3.8) is 0 Å². The molecule has 7 heteroatoms. The van der Waals surface area contributed by atoms with Gasteiger partial charge in [-0.25, -0.2) is 9.78 Å². The van der Waals surface area contributed by atoms with E-state index in [0.29, 0.717) is 5.69 Å². The topological polar surface area (TPSA) is 72.4 Å². The summed E-state index contributed by atoms with van der Waals surface area (Å²) in [5, 5.41) is 0. The van der Waals surface area contributed by atoms with Gasteiger partial charge in [0.05, 0.1) is 23.6 Å². The Morgan fingerprint density at radius 1 is 1.07 bits per heavy atom. The molecule has 0 fully saturated rings. The number of hydrogen-bond donors (Lipinski definition) is 0. The van der Waals surface area contributed by atoms with Crippen LogP contribution in [-0.4, -0.2) is 34.2 Å². The van der Waals surface area contributed by atoms with Crippen molar-refractivity contribution in [2.24, 2.45) is 0 Å². The monoisotopic (exact) mass is 405 g/mol. The summed E-state index contributed by atoms with van der Waals surface area (Å²) in [5.41, 5.74) is 2.65. The lowest BCUT2D eigenvalue weighted by Crippen LogP contribution is -2.41. The smallest absolute Gasteiger partial charge is 0.359 e. The molecule has 0 saturated heterocycles. The minimum absolute atomic E-state index is 0.0811. The van der Waals surface area contributed by atoms with Gasteiger partial charge in [0.2, 0.25) is 0 Å². The zero-order valence-corrected chi connectivity index (χ0v) is 16.6. The summed E-state index contributed by atoms with van der Waals surface area (Å²) < 4.78 is 5.24. The number of carbonyl (C=O) groups is 2. The zero-order valence-electron chi connectivity index (χ0n) is 15.8. The molecule has 1 unspecified atom stereocenters.